The van der Waals surface area contributed by atoms with E-state index in [2.05, 4.69) is 62.4 Å². The van der Waals surface area contributed by atoms with Crippen LogP contribution >= 0.6 is 24.8 Å². The van der Waals surface area contributed by atoms with Gasteiger partial charge >= 0.3 is 0 Å². The van der Waals surface area contributed by atoms with Crippen molar-refractivity contribution in [3.05, 3.63) is 59.7 Å². The molecule has 2 rings (SSSR count). The van der Waals surface area contributed by atoms with E-state index < -0.39 is 0 Å². The fourth-order valence-electron chi connectivity index (χ4n) is 1.74. The monoisotopic (exact) mass is 466 g/mol. The van der Waals surface area contributed by atoms with Gasteiger partial charge in [-0.05, 0) is 0 Å². The van der Waals surface area contributed by atoms with Crippen LogP contribution in [0.1, 0.15) is 37.8 Å². The summed E-state index contributed by atoms with van der Waals surface area (Å²) in [6.45, 7) is 4.40. The third-order valence-electron chi connectivity index (χ3n) is 2.54. The second-order valence-electron chi connectivity index (χ2n) is 4.09. The SMILES string of the molecule is CCC[c-]1[cH-][cH-][cH-][cH-]1.CCC[c-]1cccc1.Cl.Cl.[Hf]. The van der Waals surface area contributed by atoms with E-state index in [1.54, 1.807) is 0 Å². The largest absolute Gasteiger partial charge is 0.748 e. The molecule has 0 aliphatic rings. The van der Waals surface area contributed by atoms with Crippen LogP contribution in [0.3, 0.4) is 0 Å². The molecule has 0 unspecified atom stereocenters. The van der Waals surface area contributed by atoms with Crippen molar-refractivity contribution in [2.75, 3.05) is 0 Å². The molecule has 0 fully saturated rings. The molecule has 0 saturated carbocycles. The minimum atomic E-state index is 0. The number of hydrogen-bond donors (Lipinski definition) is 0. The zero-order valence-corrected chi connectivity index (χ0v) is 17.0. The third kappa shape index (κ3) is 11.7. The van der Waals surface area contributed by atoms with Gasteiger partial charge in [-0.25, -0.2) is 18.6 Å². The standard InChI is InChI=1S/2C8H11.2ClH.Hf/c2*1-2-5-8-6-3-4-7-8;;;/h2*3-4,6-7H,2,5H2,1H3;2*1H;/q-5;-1;;;. The van der Waals surface area contributed by atoms with E-state index in [4.69, 9.17) is 0 Å². The molecule has 3 heteroatoms. The molecule has 0 nitrogen and oxygen atoms in total. The van der Waals surface area contributed by atoms with Gasteiger partial charge in [-0.2, -0.15) is 17.7 Å². The first kappa shape index (κ1) is 24.2. The normalized spacial score (nSPS) is 8.11. The first-order valence-electron chi connectivity index (χ1n) is 6.28. The number of hydrogen-bond acceptors (Lipinski definition) is 0. The summed E-state index contributed by atoms with van der Waals surface area (Å²) in [5, 5.41) is 0. The van der Waals surface area contributed by atoms with Crippen LogP contribution in [0.25, 0.3) is 0 Å². The van der Waals surface area contributed by atoms with Gasteiger partial charge in [0.1, 0.15) is 0 Å². The van der Waals surface area contributed by atoms with Crippen LogP contribution in [-0.2, 0) is 38.7 Å². The molecule has 0 aliphatic carbocycles. The van der Waals surface area contributed by atoms with Gasteiger partial charge in [-0.3, -0.25) is 0 Å². The fourth-order valence-corrected chi connectivity index (χ4v) is 1.74. The Bertz CT molecular complexity index is 302. The summed E-state index contributed by atoms with van der Waals surface area (Å²) in [5.41, 5.74) is 2.93. The molecule has 19 heavy (non-hydrogen) atoms. The number of rotatable bonds is 4. The second kappa shape index (κ2) is 16.2. The summed E-state index contributed by atoms with van der Waals surface area (Å²) in [6, 6.07) is 17.0. The Balaban J connectivity index is -0.000000233. The molecule has 0 radical (unpaired) electrons. The van der Waals surface area contributed by atoms with Gasteiger partial charge in [0.15, 0.2) is 0 Å². The van der Waals surface area contributed by atoms with E-state index in [9.17, 15) is 0 Å². The Morgan fingerprint density at radius 2 is 1.32 bits per heavy atom. The van der Waals surface area contributed by atoms with Gasteiger partial charge in [0.2, 0.25) is 0 Å². The minimum Gasteiger partial charge on any atom is -0.748 e. The zero-order valence-electron chi connectivity index (χ0n) is 11.8. The molecule has 2 aromatic carbocycles. The molecule has 0 heterocycles. The van der Waals surface area contributed by atoms with Crippen molar-refractivity contribution in [2.24, 2.45) is 0 Å². The van der Waals surface area contributed by atoms with Crippen LogP contribution in [0.2, 0.25) is 0 Å². The number of halogens is 2. The van der Waals surface area contributed by atoms with Crippen molar-refractivity contribution in [3.8, 4) is 0 Å². The summed E-state index contributed by atoms with van der Waals surface area (Å²) < 4.78 is 0. The van der Waals surface area contributed by atoms with Crippen molar-refractivity contribution in [1.29, 1.82) is 0 Å². The molecule has 0 atom stereocenters. The quantitative estimate of drug-likeness (QED) is 0.410. The van der Waals surface area contributed by atoms with Crippen LogP contribution in [0.4, 0.5) is 0 Å². The maximum absolute atomic E-state index is 2.20. The summed E-state index contributed by atoms with van der Waals surface area (Å²) in [5.74, 6) is 0. The van der Waals surface area contributed by atoms with Crippen LogP contribution in [0.5, 0.6) is 0 Å². The molecule has 0 amide bonds. The Morgan fingerprint density at radius 3 is 1.74 bits per heavy atom. The van der Waals surface area contributed by atoms with Crippen LogP contribution in [0, 0.1) is 0 Å². The Labute approximate surface area is 149 Å². The van der Waals surface area contributed by atoms with Crippen molar-refractivity contribution < 1.29 is 25.8 Å². The van der Waals surface area contributed by atoms with Crippen LogP contribution in [0.15, 0.2) is 48.5 Å². The average molecular weight is 466 g/mol. The molecule has 0 bridgehead atoms. The first-order valence-corrected chi connectivity index (χ1v) is 6.28. The summed E-state index contributed by atoms with van der Waals surface area (Å²) >= 11 is 0. The molecular formula is C16H24Cl2Hf-6. The van der Waals surface area contributed by atoms with E-state index in [0.29, 0.717) is 0 Å². The van der Waals surface area contributed by atoms with Gasteiger partial charge in [0.25, 0.3) is 0 Å². The summed E-state index contributed by atoms with van der Waals surface area (Å²) in [4.78, 5) is 0. The smallest absolute Gasteiger partial charge is 0 e. The molecule has 0 spiro atoms. The van der Waals surface area contributed by atoms with E-state index in [1.165, 1.54) is 36.8 Å². The molecule has 0 N–H and O–H groups in total. The van der Waals surface area contributed by atoms with Gasteiger partial charge < -0.3 is 29.8 Å². The van der Waals surface area contributed by atoms with Crippen LogP contribution in [-0.4, -0.2) is 0 Å². The van der Waals surface area contributed by atoms with Crippen molar-refractivity contribution in [1.82, 2.24) is 0 Å². The summed E-state index contributed by atoms with van der Waals surface area (Å²) in [6.07, 6.45) is 4.97. The zero-order chi connectivity index (χ0) is 11.6. The average Bonchev–Trinajstić information content (AvgIpc) is 2.92. The number of aryl methyl sites for hydroxylation is 2. The summed E-state index contributed by atoms with van der Waals surface area (Å²) in [7, 11) is 0. The van der Waals surface area contributed by atoms with E-state index >= 15 is 0 Å². The first-order chi connectivity index (χ1) is 7.86. The van der Waals surface area contributed by atoms with Gasteiger partial charge in [-0.1, -0.05) is 33.1 Å². The van der Waals surface area contributed by atoms with Crippen molar-refractivity contribution in [3.63, 3.8) is 0 Å². The molecule has 0 aromatic heterocycles. The Hall–Kier alpha value is 0.150. The van der Waals surface area contributed by atoms with Crippen LogP contribution < -0.4 is 0 Å². The van der Waals surface area contributed by atoms with E-state index in [1.807, 2.05) is 0 Å². The maximum Gasteiger partial charge on any atom is 0 e. The topological polar surface area (TPSA) is 0 Å². The van der Waals surface area contributed by atoms with Crippen molar-refractivity contribution in [2.45, 2.75) is 39.5 Å². The predicted octanol–water partition coefficient (Wildman–Crippen LogP) is 5.56. The molecule has 2 aromatic rings. The second-order valence-corrected chi connectivity index (χ2v) is 4.09. The van der Waals surface area contributed by atoms with Gasteiger partial charge in [-0.15, -0.1) is 24.8 Å². The minimum absolute atomic E-state index is 0. The Morgan fingerprint density at radius 1 is 0.842 bits per heavy atom. The van der Waals surface area contributed by atoms with Crippen molar-refractivity contribution >= 4 is 24.8 Å². The molecule has 0 saturated heterocycles. The van der Waals surface area contributed by atoms with E-state index in [0.717, 1.165) is 0 Å². The maximum atomic E-state index is 2.20. The van der Waals surface area contributed by atoms with Gasteiger partial charge in [0, 0.05) is 25.8 Å². The molecule has 112 valence electrons. The molecule has 0 aliphatic heterocycles. The third-order valence-corrected chi connectivity index (χ3v) is 2.54. The Kier molecular flexibility index (Phi) is 20.6. The molecular weight excluding hydrogens is 442 g/mol. The predicted molar refractivity (Wildman–Crippen MR) is 86.6 cm³/mol. The fraction of sp³-hybridized carbons (Fsp3) is 0.375. The van der Waals surface area contributed by atoms with Gasteiger partial charge in [0.05, 0.1) is 0 Å². The van der Waals surface area contributed by atoms with E-state index in [-0.39, 0.29) is 50.7 Å².